The number of hydrogen-bond acceptors (Lipinski definition) is 2. The number of allylic oxidation sites excluding steroid dienone is 4. The molecule has 0 aliphatic rings. The molecular formula is C14H20N2. The highest BCUT2D eigenvalue weighted by molar-refractivity contribution is 5.09. The van der Waals surface area contributed by atoms with E-state index in [1.807, 2.05) is 36.7 Å². The first-order chi connectivity index (χ1) is 7.79. The lowest BCUT2D eigenvalue weighted by Gasteiger charge is -2.22. The van der Waals surface area contributed by atoms with Gasteiger partial charge in [0.05, 0.1) is 12.1 Å². The zero-order chi connectivity index (χ0) is 12.2. The third-order valence-electron chi connectivity index (χ3n) is 1.94. The van der Waals surface area contributed by atoms with Gasteiger partial charge in [-0.05, 0) is 24.6 Å². The second-order valence-corrected chi connectivity index (χ2v) is 3.05. The molecule has 0 spiro atoms. The lowest BCUT2D eigenvalue weighted by molar-refractivity contribution is 0.568. The number of hydrogen-bond donors (Lipinski definition) is 2. The van der Waals surface area contributed by atoms with Crippen molar-refractivity contribution in [2.75, 3.05) is 0 Å². The highest BCUT2D eigenvalue weighted by Crippen LogP contribution is 1.97. The fourth-order valence-corrected chi connectivity index (χ4v) is 1.11. The van der Waals surface area contributed by atoms with Gasteiger partial charge >= 0.3 is 0 Å². The van der Waals surface area contributed by atoms with Crippen LogP contribution in [-0.4, -0.2) is 12.1 Å². The zero-order valence-corrected chi connectivity index (χ0v) is 9.60. The minimum atomic E-state index is 0.0724. The van der Waals surface area contributed by atoms with Crippen molar-refractivity contribution in [3.63, 3.8) is 0 Å². The molecule has 2 atom stereocenters. The number of rotatable bonds is 9. The molecule has 0 heterocycles. The monoisotopic (exact) mass is 216 g/mol. The van der Waals surface area contributed by atoms with Crippen molar-refractivity contribution < 1.29 is 0 Å². The summed E-state index contributed by atoms with van der Waals surface area (Å²) in [5, 5.41) is 6.37. The normalized spacial score (nSPS) is 14.2. The maximum absolute atomic E-state index is 3.78. The molecular weight excluding hydrogens is 196 g/mol. The molecule has 0 bridgehead atoms. The van der Waals surface area contributed by atoms with Gasteiger partial charge in [0.15, 0.2) is 0 Å². The highest BCUT2D eigenvalue weighted by atomic mass is 15.0. The van der Waals surface area contributed by atoms with Crippen LogP contribution in [0.3, 0.4) is 0 Å². The van der Waals surface area contributed by atoms with E-state index >= 15 is 0 Å². The average Bonchev–Trinajstić information content (AvgIpc) is 2.31. The van der Waals surface area contributed by atoms with E-state index in [9.17, 15) is 0 Å². The van der Waals surface area contributed by atoms with Crippen molar-refractivity contribution >= 4 is 0 Å². The summed E-state index contributed by atoms with van der Waals surface area (Å²) in [6.07, 6.45) is 14.4. The van der Waals surface area contributed by atoms with Gasteiger partial charge in [-0.1, -0.05) is 37.5 Å². The van der Waals surface area contributed by atoms with E-state index < -0.39 is 0 Å². The van der Waals surface area contributed by atoms with Crippen LogP contribution < -0.4 is 10.6 Å². The van der Waals surface area contributed by atoms with E-state index in [1.165, 1.54) is 0 Å². The van der Waals surface area contributed by atoms with Gasteiger partial charge in [0.1, 0.15) is 0 Å². The predicted octanol–water partition coefficient (Wildman–Crippen LogP) is 2.67. The fourth-order valence-electron chi connectivity index (χ4n) is 1.11. The molecule has 0 aromatic rings. The van der Waals surface area contributed by atoms with E-state index in [0.717, 1.165) is 0 Å². The Morgan fingerprint density at radius 1 is 0.688 bits per heavy atom. The highest BCUT2D eigenvalue weighted by Gasteiger charge is 2.11. The van der Waals surface area contributed by atoms with Crippen molar-refractivity contribution in [3.05, 3.63) is 75.2 Å². The first-order valence-electron chi connectivity index (χ1n) is 5.12. The second kappa shape index (κ2) is 9.59. The Hall–Kier alpha value is -1.96. The maximum atomic E-state index is 3.78. The number of nitrogens with one attached hydrogen (secondary N) is 2. The Kier molecular flexibility index (Phi) is 8.41. The molecule has 0 fully saturated rings. The summed E-state index contributed by atoms with van der Waals surface area (Å²) in [6.45, 7) is 14.8. The van der Waals surface area contributed by atoms with E-state index in [1.54, 1.807) is 12.2 Å². The van der Waals surface area contributed by atoms with Gasteiger partial charge in [-0.25, -0.2) is 0 Å². The van der Waals surface area contributed by atoms with Crippen LogP contribution in [-0.2, 0) is 0 Å². The molecule has 0 saturated carbocycles. The molecule has 2 heteroatoms. The van der Waals surface area contributed by atoms with Crippen molar-refractivity contribution in [2.45, 2.75) is 12.1 Å². The molecule has 86 valence electrons. The van der Waals surface area contributed by atoms with Crippen LogP contribution in [0.25, 0.3) is 0 Å². The minimum Gasteiger partial charge on any atom is -0.382 e. The summed E-state index contributed by atoms with van der Waals surface area (Å²) >= 11 is 0. The molecule has 0 aliphatic heterocycles. The largest absolute Gasteiger partial charge is 0.382 e. The van der Waals surface area contributed by atoms with Gasteiger partial charge in [-0.15, -0.1) is 13.2 Å². The first kappa shape index (κ1) is 14.0. The van der Waals surface area contributed by atoms with E-state index in [0.29, 0.717) is 0 Å². The van der Waals surface area contributed by atoms with Gasteiger partial charge < -0.3 is 10.6 Å². The van der Waals surface area contributed by atoms with Gasteiger partial charge in [0.2, 0.25) is 0 Å². The summed E-state index contributed by atoms with van der Waals surface area (Å²) in [7, 11) is 0. The average molecular weight is 216 g/mol. The fraction of sp³-hybridized carbons (Fsp3) is 0.143. The molecule has 0 aromatic carbocycles. The van der Waals surface area contributed by atoms with Crippen LogP contribution in [0.4, 0.5) is 0 Å². The summed E-state index contributed by atoms with van der Waals surface area (Å²) in [6, 6.07) is 0.145. The molecule has 0 amide bonds. The topological polar surface area (TPSA) is 24.1 Å². The Balaban J connectivity index is 4.36. The minimum absolute atomic E-state index is 0.0724. The van der Waals surface area contributed by atoms with Crippen molar-refractivity contribution in [1.29, 1.82) is 0 Å². The molecule has 2 N–H and O–H groups in total. The van der Waals surface area contributed by atoms with Crippen molar-refractivity contribution in [3.8, 4) is 0 Å². The summed E-state index contributed by atoms with van der Waals surface area (Å²) in [5.74, 6) is 0. The molecule has 0 rings (SSSR count). The van der Waals surface area contributed by atoms with Crippen LogP contribution >= 0.6 is 0 Å². The third-order valence-corrected chi connectivity index (χ3v) is 1.94. The Labute approximate surface area is 98.4 Å². The standard InChI is InChI=1S/C14H20N2/c1-5-9-11-15-13(7-3)14(8-4)16-12-10-6-2/h5-16H,1-4H2/b11-9-,12-10-. The molecule has 2 nitrogen and oxygen atoms in total. The van der Waals surface area contributed by atoms with Gasteiger partial charge in [-0.2, -0.15) is 0 Å². The van der Waals surface area contributed by atoms with Crippen LogP contribution in [0.1, 0.15) is 0 Å². The second-order valence-electron chi connectivity index (χ2n) is 3.05. The van der Waals surface area contributed by atoms with Crippen LogP contribution in [0, 0.1) is 0 Å². The van der Waals surface area contributed by atoms with E-state index in [4.69, 9.17) is 0 Å². The summed E-state index contributed by atoms with van der Waals surface area (Å²) in [4.78, 5) is 0. The quantitative estimate of drug-likeness (QED) is 0.457. The van der Waals surface area contributed by atoms with Crippen LogP contribution in [0.15, 0.2) is 75.2 Å². The molecule has 16 heavy (non-hydrogen) atoms. The third kappa shape index (κ3) is 5.70. The zero-order valence-electron chi connectivity index (χ0n) is 9.60. The summed E-state index contributed by atoms with van der Waals surface area (Å²) < 4.78 is 0. The predicted molar refractivity (Wildman–Crippen MR) is 72.9 cm³/mol. The Bertz CT molecular complexity index is 257. The van der Waals surface area contributed by atoms with E-state index in [2.05, 4.69) is 36.9 Å². The summed E-state index contributed by atoms with van der Waals surface area (Å²) in [5.41, 5.74) is 0. The molecule has 0 aliphatic carbocycles. The van der Waals surface area contributed by atoms with Crippen molar-refractivity contribution in [2.24, 2.45) is 0 Å². The maximum Gasteiger partial charge on any atom is 0.0673 e. The lowest BCUT2D eigenvalue weighted by atomic mass is 10.1. The molecule has 0 radical (unpaired) electrons. The van der Waals surface area contributed by atoms with Gasteiger partial charge in [-0.3, -0.25) is 0 Å². The van der Waals surface area contributed by atoms with Gasteiger partial charge in [0, 0.05) is 0 Å². The SMILES string of the molecule is C=C/C=C\NC(C=C)C(C=C)N/C=C\C=C. The lowest BCUT2D eigenvalue weighted by Crippen LogP contribution is -2.41. The van der Waals surface area contributed by atoms with Crippen LogP contribution in [0.2, 0.25) is 0 Å². The van der Waals surface area contributed by atoms with E-state index in [-0.39, 0.29) is 12.1 Å². The Morgan fingerprint density at radius 3 is 1.31 bits per heavy atom. The molecule has 0 saturated heterocycles. The van der Waals surface area contributed by atoms with Crippen LogP contribution in [0.5, 0.6) is 0 Å². The van der Waals surface area contributed by atoms with Crippen molar-refractivity contribution in [1.82, 2.24) is 10.6 Å². The van der Waals surface area contributed by atoms with Gasteiger partial charge in [0.25, 0.3) is 0 Å². The molecule has 0 aromatic heterocycles. The first-order valence-corrected chi connectivity index (χ1v) is 5.12. The Morgan fingerprint density at radius 2 is 1.06 bits per heavy atom. The molecule has 2 unspecified atom stereocenters. The smallest absolute Gasteiger partial charge is 0.0673 e.